The molecule has 7 nitrogen and oxygen atoms in total. The van der Waals surface area contributed by atoms with Gasteiger partial charge in [0.2, 0.25) is 15.7 Å². The second-order valence-electron chi connectivity index (χ2n) is 6.45. The molecule has 0 saturated heterocycles. The number of anilines is 1. The molecule has 2 aromatic carbocycles. The van der Waals surface area contributed by atoms with Crippen molar-refractivity contribution in [2.75, 3.05) is 12.4 Å². The minimum absolute atomic E-state index is 0.00539. The number of carbonyl (C=O) groups is 1. The van der Waals surface area contributed by atoms with Crippen LogP contribution in [0.15, 0.2) is 58.5 Å². The zero-order valence-corrected chi connectivity index (χ0v) is 18.6. The molecule has 158 valence electrons. The molecule has 3 aromatic rings. The second-order valence-corrected chi connectivity index (χ2v) is 9.25. The number of hydrogen-bond acceptors (Lipinski definition) is 5. The van der Waals surface area contributed by atoms with Crippen LogP contribution in [0.4, 0.5) is 5.69 Å². The molecule has 3 rings (SSSR count). The number of rotatable bonds is 7. The predicted molar refractivity (Wildman–Crippen MR) is 115 cm³/mol. The highest BCUT2D eigenvalue weighted by molar-refractivity contribution is 7.91. The molecule has 1 amide bonds. The van der Waals surface area contributed by atoms with Crippen molar-refractivity contribution in [3.63, 3.8) is 0 Å². The summed E-state index contributed by atoms with van der Waals surface area (Å²) in [5.74, 6) is -0.000780. The number of aromatic nitrogens is 2. The van der Waals surface area contributed by atoms with Gasteiger partial charge in [-0.15, -0.1) is 0 Å². The Morgan fingerprint density at radius 2 is 1.83 bits per heavy atom. The first-order chi connectivity index (χ1) is 14.2. The van der Waals surface area contributed by atoms with Crippen LogP contribution < -0.4 is 10.1 Å². The van der Waals surface area contributed by atoms with Gasteiger partial charge in [-0.25, -0.2) is 8.42 Å². The average molecular weight is 468 g/mol. The van der Waals surface area contributed by atoms with Crippen LogP contribution in [0.25, 0.3) is 0 Å². The Morgan fingerprint density at radius 3 is 2.43 bits per heavy atom. The van der Waals surface area contributed by atoms with Crippen LogP contribution >= 0.6 is 23.2 Å². The lowest BCUT2D eigenvalue weighted by Crippen LogP contribution is -2.16. The molecule has 0 atom stereocenters. The van der Waals surface area contributed by atoms with Crippen molar-refractivity contribution >= 4 is 44.6 Å². The Kier molecular flexibility index (Phi) is 6.70. The fourth-order valence-corrected chi connectivity index (χ4v) is 4.33. The maximum Gasteiger partial charge on any atom is 0.226 e. The minimum Gasteiger partial charge on any atom is -0.497 e. The van der Waals surface area contributed by atoms with Crippen LogP contribution in [0.2, 0.25) is 10.0 Å². The van der Waals surface area contributed by atoms with Gasteiger partial charge in [0.1, 0.15) is 5.75 Å². The van der Waals surface area contributed by atoms with Gasteiger partial charge in [0.25, 0.3) is 0 Å². The van der Waals surface area contributed by atoms with Gasteiger partial charge in [0, 0.05) is 23.2 Å². The summed E-state index contributed by atoms with van der Waals surface area (Å²) in [6.07, 6.45) is 1.65. The number of aryl methyl sites for hydroxylation is 1. The molecule has 10 heteroatoms. The Balaban J connectivity index is 1.81. The predicted octanol–water partition coefficient (Wildman–Crippen LogP) is 4.37. The Labute approximate surface area is 184 Å². The fraction of sp³-hybridized carbons (Fsp3) is 0.200. The van der Waals surface area contributed by atoms with Gasteiger partial charge in [-0.05, 0) is 43.3 Å². The van der Waals surface area contributed by atoms with Gasteiger partial charge in [0.15, 0.2) is 0 Å². The van der Waals surface area contributed by atoms with Crippen molar-refractivity contribution in [3.8, 4) is 5.75 Å². The van der Waals surface area contributed by atoms with E-state index in [4.69, 9.17) is 27.9 Å². The van der Waals surface area contributed by atoms with E-state index < -0.39 is 9.84 Å². The fourth-order valence-electron chi connectivity index (χ4n) is 2.75. The average Bonchev–Trinajstić information content (AvgIpc) is 3.04. The Bertz CT molecular complexity index is 1180. The van der Waals surface area contributed by atoms with Gasteiger partial charge in [0.05, 0.1) is 40.4 Å². The quantitative estimate of drug-likeness (QED) is 0.556. The van der Waals surface area contributed by atoms with Crippen LogP contribution in [-0.2, 0) is 21.2 Å². The molecule has 0 fully saturated rings. The van der Waals surface area contributed by atoms with E-state index in [1.54, 1.807) is 10.7 Å². The lowest BCUT2D eigenvalue weighted by atomic mass is 10.3. The number of carbonyl (C=O) groups excluding carboxylic acids is 1. The number of benzene rings is 2. The smallest absolute Gasteiger partial charge is 0.226 e. The van der Waals surface area contributed by atoms with E-state index in [-0.39, 0.29) is 22.1 Å². The summed E-state index contributed by atoms with van der Waals surface area (Å²) in [7, 11) is -2.40. The lowest BCUT2D eigenvalue weighted by Gasteiger charge is -2.12. The number of ether oxygens (including phenoxy) is 1. The minimum atomic E-state index is -3.82. The summed E-state index contributed by atoms with van der Waals surface area (Å²) in [6, 6.07) is 10.2. The molecule has 1 aromatic heterocycles. The monoisotopic (exact) mass is 467 g/mol. The van der Waals surface area contributed by atoms with Gasteiger partial charge < -0.3 is 10.1 Å². The zero-order chi connectivity index (χ0) is 21.9. The molecule has 0 saturated carbocycles. The molecule has 1 heterocycles. The molecule has 0 unspecified atom stereocenters. The SMILES string of the molecule is COc1cc(NC(=O)CCn2ncc(Cl)c2C)cc(S(=O)(=O)c2ccc(Cl)cc2)c1. The van der Waals surface area contributed by atoms with Crippen molar-refractivity contribution in [3.05, 3.63) is 64.4 Å². The summed E-state index contributed by atoms with van der Waals surface area (Å²) < 4.78 is 32.8. The standard InChI is InChI=1S/C20H19Cl2N3O4S/c1-13-19(22)12-23-25(13)8-7-20(26)24-15-9-16(29-2)11-18(10-15)30(27,28)17-5-3-14(21)4-6-17/h3-6,9-12H,7-8H2,1-2H3,(H,24,26). The topological polar surface area (TPSA) is 90.3 Å². The molecule has 0 aliphatic carbocycles. The number of nitrogens with one attached hydrogen (secondary N) is 1. The maximum atomic E-state index is 13.0. The maximum absolute atomic E-state index is 13.0. The van der Waals surface area contributed by atoms with Crippen molar-refractivity contribution < 1.29 is 17.9 Å². The zero-order valence-electron chi connectivity index (χ0n) is 16.2. The largest absolute Gasteiger partial charge is 0.497 e. The normalized spacial score (nSPS) is 11.3. The highest BCUT2D eigenvalue weighted by Gasteiger charge is 2.20. The van der Waals surface area contributed by atoms with Gasteiger partial charge in [-0.1, -0.05) is 23.2 Å². The third-order valence-corrected chi connectivity index (χ3v) is 6.80. The third kappa shape index (κ3) is 4.95. The van der Waals surface area contributed by atoms with Crippen LogP contribution in [0, 0.1) is 6.92 Å². The molecular formula is C20H19Cl2N3O4S. The first-order valence-electron chi connectivity index (χ1n) is 8.88. The highest BCUT2D eigenvalue weighted by Crippen LogP contribution is 2.29. The van der Waals surface area contributed by atoms with E-state index in [1.165, 1.54) is 49.7 Å². The summed E-state index contributed by atoms with van der Waals surface area (Å²) >= 11 is 11.8. The van der Waals surface area contributed by atoms with E-state index in [2.05, 4.69) is 10.4 Å². The van der Waals surface area contributed by atoms with Crippen molar-refractivity contribution in [2.24, 2.45) is 0 Å². The van der Waals surface area contributed by atoms with Gasteiger partial charge in [-0.3, -0.25) is 9.48 Å². The summed E-state index contributed by atoms with van der Waals surface area (Å²) in [6.45, 7) is 2.15. The van der Waals surface area contributed by atoms with Crippen LogP contribution in [-0.4, -0.2) is 31.2 Å². The number of sulfone groups is 1. The number of amides is 1. The summed E-state index contributed by atoms with van der Waals surface area (Å²) in [4.78, 5) is 12.5. The van der Waals surface area contributed by atoms with E-state index >= 15 is 0 Å². The molecule has 30 heavy (non-hydrogen) atoms. The van der Waals surface area contributed by atoms with Crippen LogP contribution in [0.5, 0.6) is 5.75 Å². The number of nitrogens with zero attached hydrogens (tertiary/aromatic N) is 2. The number of halogens is 2. The van der Waals surface area contributed by atoms with Crippen molar-refractivity contribution in [1.29, 1.82) is 0 Å². The molecule has 0 aliphatic rings. The molecule has 0 bridgehead atoms. The molecule has 0 radical (unpaired) electrons. The molecule has 0 spiro atoms. The van der Waals surface area contributed by atoms with Crippen molar-refractivity contribution in [1.82, 2.24) is 9.78 Å². The molecule has 0 aliphatic heterocycles. The summed E-state index contributed by atoms with van der Waals surface area (Å²) in [5.41, 5.74) is 1.07. The molecule has 1 N–H and O–H groups in total. The third-order valence-electron chi connectivity index (χ3n) is 4.43. The van der Waals surface area contributed by atoms with E-state index in [0.717, 1.165) is 5.69 Å². The number of hydrogen-bond donors (Lipinski definition) is 1. The Morgan fingerprint density at radius 1 is 1.13 bits per heavy atom. The van der Waals surface area contributed by atoms with Gasteiger partial charge in [-0.2, -0.15) is 5.10 Å². The van der Waals surface area contributed by atoms with Crippen LogP contribution in [0.1, 0.15) is 12.1 Å². The first-order valence-corrected chi connectivity index (χ1v) is 11.1. The summed E-state index contributed by atoms with van der Waals surface area (Å²) in [5, 5.41) is 7.77. The molecular weight excluding hydrogens is 449 g/mol. The van der Waals surface area contributed by atoms with E-state index in [1.807, 2.05) is 6.92 Å². The van der Waals surface area contributed by atoms with Gasteiger partial charge >= 0.3 is 0 Å². The van der Waals surface area contributed by atoms with Crippen LogP contribution in [0.3, 0.4) is 0 Å². The van der Waals surface area contributed by atoms with E-state index in [9.17, 15) is 13.2 Å². The number of methoxy groups -OCH3 is 1. The highest BCUT2D eigenvalue weighted by atomic mass is 35.5. The van der Waals surface area contributed by atoms with Crippen molar-refractivity contribution in [2.45, 2.75) is 29.7 Å². The second kappa shape index (κ2) is 9.07. The van der Waals surface area contributed by atoms with E-state index in [0.29, 0.717) is 28.0 Å². The first kappa shape index (κ1) is 22.1. The Hall–Kier alpha value is -2.55. The lowest BCUT2D eigenvalue weighted by molar-refractivity contribution is -0.116.